The Labute approximate surface area is 170 Å². The molecule has 150 valence electrons. The van der Waals surface area contributed by atoms with Gasteiger partial charge in [-0.15, -0.1) is 0 Å². The minimum absolute atomic E-state index is 0.261. The molecule has 0 spiro atoms. The number of carbonyl (C=O) groups excluding carboxylic acids is 1. The molecular weight excluding hydrogens is 366 g/mol. The fourth-order valence-corrected chi connectivity index (χ4v) is 3.42. The van der Waals surface area contributed by atoms with Gasteiger partial charge < -0.3 is 24.3 Å². The lowest BCUT2D eigenvalue weighted by Crippen LogP contribution is -3.12. The van der Waals surface area contributed by atoms with Crippen LogP contribution >= 0.6 is 0 Å². The number of benzene rings is 2. The lowest BCUT2D eigenvalue weighted by molar-refractivity contribution is -0.880. The van der Waals surface area contributed by atoms with E-state index in [1.807, 2.05) is 48.5 Å². The summed E-state index contributed by atoms with van der Waals surface area (Å²) in [7, 11) is 2.21. The topological polar surface area (TPSA) is 59.2 Å². The Balaban J connectivity index is 1.40. The standard InChI is InChI=1S/C23H25N3O3/c1-25-13-15-26(16-14-25)21-10-6-5-9-20(21)24-23(27)22-12-11-19(29-22)17-28-18-7-3-2-4-8-18/h2-12H,13-17H2,1H3,(H,24,27)/p+1. The van der Waals surface area contributed by atoms with Crippen molar-refractivity contribution in [2.24, 2.45) is 0 Å². The van der Waals surface area contributed by atoms with Crippen molar-refractivity contribution >= 4 is 17.3 Å². The predicted octanol–water partition coefficient (Wildman–Crippen LogP) is 2.45. The van der Waals surface area contributed by atoms with Crippen molar-refractivity contribution in [3.8, 4) is 5.75 Å². The first-order chi connectivity index (χ1) is 14.2. The van der Waals surface area contributed by atoms with Gasteiger partial charge in [0.1, 0.15) is 18.1 Å². The number of hydrogen-bond donors (Lipinski definition) is 2. The van der Waals surface area contributed by atoms with Gasteiger partial charge in [0.2, 0.25) is 0 Å². The van der Waals surface area contributed by atoms with Crippen LogP contribution in [0.1, 0.15) is 16.3 Å². The number of ether oxygens (including phenoxy) is 1. The van der Waals surface area contributed by atoms with Gasteiger partial charge in [-0.2, -0.15) is 0 Å². The summed E-state index contributed by atoms with van der Waals surface area (Å²) >= 11 is 0. The van der Waals surface area contributed by atoms with E-state index in [4.69, 9.17) is 9.15 Å². The molecule has 2 aromatic carbocycles. The molecule has 1 amide bonds. The lowest BCUT2D eigenvalue weighted by Gasteiger charge is -2.32. The molecule has 0 unspecified atom stereocenters. The Bertz CT molecular complexity index is 947. The van der Waals surface area contributed by atoms with Crippen LogP contribution < -0.4 is 19.9 Å². The van der Waals surface area contributed by atoms with Crippen LogP contribution in [-0.4, -0.2) is 39.1 Å². The first kappa shape index (κ1) is 19.1. The molecule has 0 radical (unpaired) electrons. The molecule has 29 heavy (non-hydrogen) atoms. The highest BCUT2D eigenvalue weighted by atomic mass is 16.5. The quantitative estimate of drug-likeness (QED) is 0.677. The third-order valence-electron chi connectivity index (χ3n) is 5.12. The van der Waals surface area contributed by atoms with Crippen molar-refractivity contribution in [3.63, 3.8) is 0 Å². The van der Waals surface area contributed by atoms with Crippen LogP contribution in [0.4, 0.5) is 11.4 Å². The number of hydrogen-bond acceptors (Lipinski definition) is 4. The van der Waals surface area contributed by atoms with Crippen LogP contribution in [0.5, 0.6) is 5.75 Å². The summed E-state index contributed by atoms with van der Waals surface area (Å²) in [4.78, 5) is 16.6. The Hall–Kier alpha value is -3.25. The highest BCUT2D eigenvalue weighted by Gasteiger charge is 2.20. The smallest absolute Gasteiger partial charge is 0.291 e. The van der Waals surface area contributed by atoms with Gasteiger partial charge in [-0.3, -0.25) is 4.79 Å². The number of rotatable bonds is 6. The van der Waals surface area contributed by atoms with E-state index in [2.05, 4.69) is 23.3 Å². The van der Waals surface area contributed by atoms with E-state index in [1.165, 1.54) is 4.90 Å². The molecule has 3 aromatic rings. The average Bonchev–Trinajstić information content (AvgIpc) is 3.23. The van der Waals surface area contributed by atoms with Crippen LogP contribution in [0.3, 0.4) is 0 Å². The molecule has 0 bridgehead atoms. The molecule has 2 N–H and O–H groups in total. The Morgan fingerprint density at radius 3 is 2.55 bits per heavy atom. The molecule has 0 saturated carbocycles. The van der Waals surface area contributed by atoms with E-state index in [-0.39, 0.29) is 18.3 Å². The molecule has 2 heterocycles. The fraction of sp³-hybridized carbons (Fsp3) is 0.261. The second-order valence-electron chi connectivity index (χ2n) is 7.28. The van der Waals surface area contributed by atoms with Crippen molar-refractivity contribution in [2.75, 3.05) is 43.4 Å². The first-order valence-corrected chi connectivity index (χ1v) is 9.92. The minimum Gasteiger partial charge on any atom is -0.486 e. The van der Waals surface area contributed by atoms with E-state index in [9.17, 15) is 4.79 Å². The van der Waals surface area contributed by atoms with Gasteiger partial charge in [-0.25, -0.2) is 0 Å². The number of furan rings is 1. The van der Waals surface area contributed by atoms with Gasteiger partial charge in [0.15, 0.2) is 5.76 Å². The lowest BCUT2D eigenvalue weighted by atomic mass is 10.2. The SMILES string of the molecule is C[NH+]1CCN(c2ccccc2NC(=O)c2ccc(COc3ccccc3)o2)CC1. The molecule has 1 aliphatic rings. The fourth-order valence-electron chi connectivity index (χ4n) is 3.42. The van der Waals surface area contributed by atoms with Gasteiger partial charge in [0.25, 0.3) is 5.91 Å². The van der Waals surface area contributed by atoms with Gasteiger partial charge >= 0.3 is 0 Å². The van der Waals surface area contributed by atoms with Crippen LogP contribution in [0, 0.1) is 0 Å². The average molecular weight is 392 g/mol. The summed E-state index contributed by atoms with van der Waals surface area (Å²) in [5.41, 5.74) is 1.85. The summed E-state index contributed by atoms with van der Waals surface area (Å²) in [5, 5.41) is 3.00. The van der Waals surface area contributed by atoms with Crippen molar-refractivity contribution in [1.82, 2.24) is 0 Å². The van der Waals surface area contributed by atoms with Gasteiger partial charge in [-0.05, 0) is 36.4 Å². The largest absolute Gasteiger partial charge is 0.486 e. The van der Waals surface area contributed by atoms with E-state index in [0.717, 1.165) is 43.3 Å². The number of anilines is 2. The second kappa shape index (κ2) is 8.84. The summed E-state index contributed by atoms with van der Waals surface area (Å²) in [6.07, 6.45) is 0. The molecular formula is C23H26N3O3+. The molecule has 4 rings (SSSR count). The number of nitrogens with zero attached hydrogens (tertiary/aromatic N) is 1. The molecule has 0 atom stereocenters. The van der Waals surface area contributed by atoms with E-state index < -0.39 is 0 Å². The summed E-state index contributed by atoms with van der Waals surface area (Å²) in [6.45, 7) is 4.40. The number of para-hydroxylation sites is 3. The third-order valence-corrected chi connectivity index (χ3v) is 5.12. The first-order valence-electron chi connectivity index (χ1n) is 9.92. The highest BCUT2D eigenvalue weighted by molar-refractivity contribution is 6.04. The molecule has 6 heteroatoms. The van der Waals surface area contributed by atoms with E-state index in [1.54, 1.807) is 12.1 Å². The number of amides is 1. The maximum absolute atomic E-state index is 12.7. The molecule has 1 fully saturated rings. The summed E-state index contributed by atoms with van der Waals surface area (Å²) < 4.78 is 11.4. The normalized spacial score (nSPS) is 14.6. The predicted molar refractivity (Wildman–Crippen MR) is 113 cm³/mol. The van der Waals surface area contributed by atoms with Crippen LogP contribution in [-0.2, 0) is 6.61 Å². The Kier molecular flexibility index (Phi) is 5.81. The number of piperazine rings is 1. The Morgan fingerprint density at radius 2 is 1.76 bits per heavy atom. The maximum Gasteiger partial charge on any atom is 0.291 e. The zero-order chi connectivity index (χ0) is 20.1. The van der Waals surface area contributed by atoms with E-state index in [0.29, 0.717) is 5.76 Å². The summed E-state index contributed by atoms with van der Waals surface area (Å²) in [6, 6.07) is 20.9. The minimum atomic E-state index is -0.261. The zero-order valence-electron chi connectivity index (χ0n) is 16.6. The van der Waals surface area contributed by atoms with Crippen molar-refractivity contribution in [1.29, 1.82) is 0 Å². The number of likely N-dealkylation sites (N-methyl/N-ethyl adjacent to an activating group) is 1. The van der Waals surface area contributed by atoms with Gasteiger partial charge in [0.05, 0.1) is 44.6 Å². The molecule has 1 aliphatic heterocycles. The van der Waals surface area contributed by atoms with Crippen molar-refractivity contribution < 1.29 is 18.8 Å². The maximum atomic E-state index is 12.7. The van der Waals surface area contributed by atoms with Crippen LogP contribution in [0.2, 0.25) is 0 Å². The van der Waals surface area contributed by atoms with Crippen molar-refractivity contribution in [3.05, 3.63) is 78.3 Å². The molecule has 1 saturated heterocycles. The molecule has 0 aliphatic carbocycles. The Morgan fingerprint density at radius 1 is 1.03 bits per heavy atom. The van der Waals surface area contributed by atoms with Gasteiger partial charge in [0, 0.05) is 0 Å². The van der Waals surface area contributed by atoms with Gasteiger partial charge in [-0.1, -0.05) is 30.3 Å². The van der Waals surface area contributed by atoms with E-state index >= 15 is 0 Å². The van der Waals surface area contributed by atoms with Crippen molar-refractivity contribution in [2.45, 2.75) is 6.61 Å². The zero-order valence-corrected chi connectivity index (χ0v) is 16.6. The number of carbonyl (C=O) groups is 1. The second-order valence-corrected chi connectivity index (χ2v) is 7.28. The third kappa shape index (κ3) is 4.78. The molecule has 1 aromatic heterocycles. The highest BCUT2D eigenvalue weighted by Crippen LogP contribution is 2.26. The summed E-state index contributed by atoms with van der Waals surface area (Å²) in [5.74, 6) is 1.38. The number of nitrogens with one attached hydrogen (secondary N) is 2. The van der Waals surface area contributed by atoms with Crippen LogP contribution in [0.15, 0.2) is 71.1 Å². The number of quaternary nitrogens is 1. The van der Waals surface area contributed by atoms with Crippen LogP contribution in [0.25, 0.3) is 0 Å². The molecule has 6 nitrogen and oxygen atoms in total. The monoisotopic (exact) mass is 392 g/mol.